The molecule has 0 saturated carbocycles. The highest BCUT2D eigenvalue weighted by Crippen LogP contribution is 2.34. The second-order valence-corrected chi connectivity index (χ2v) is 8.48. The molecule has 1 aliphatic heterocycles. The Morgan fingerprint density at radius 3 is 2.79 bits per heavy atom. The van der Waals surface area contributed by atoms with Crippen LogP contribution in [0.3, 0.4) is 0 Å². The van der Waals surface area contributed by atoms with Crippen molar-refractivity contribution < 1.29 is 31.7 Å². The molecule has 10 heteroatoms. The van der Waals surface area contributed by atoms with E-state index in [4.69, 9.17) is 13.7 Å². The number of hydrogen-bond acceptors (Lipinski definition) is 5. The lowest BCUT2D eigenvalue weighted by Crippen LogP contribution is -2.44. The largest absolute Gasteiger partial charge is 0.416 e. The van der Waals surface area contributed by atoms with Crippen LogP contribution in [-0.4, -0.2) is 63.4 Å². The van der Waals surface area contributed by atoms with Crippen LogP contribution in [0, 0.1) is 18.8 Å². The molecule has 1 aliphatic rings. The number of anilines is 1. The maximum atomic E-state index is 14.4. The number of nitrogens with one attached hydrogen (secondary N) is 1. The molecule has 1 fully saturated rings. The monoisotopic (exact) mass is 542 g/mol. The minimum Gasteiger partial charge on any atom is -0.322 e. The van der Waals surface area contributed by atoms with E-state index in [0.717, 1.165) is 6.07 Å². The number of imidazole rings is 1. The van der Waals surface area contributed by atoms with E-state index in [9.17, 15) is 18.0 Å². The van der Waals surface area contributed by atoms with Gasteiger partial charge in [-0.15, -0.1) is 0 Å². The van der Waals surface area contributed by atoms with Gasteiger partial charge in [0.05, 0.1) is 13.1 Å². The lowest BCUT2D eigenvalue weighted by atomic mass is 10.0. The summed E-state index contributed by atoms with van der Waals surface area (Å²) in [7, 11) is 0. The van der Waals surface area contributed by atoms with Gasteiger partial charge in [-0.2, -0.15) is 18.3 Å². The highest BCUT2D eigenvalue weighted by molar-refractivity contribution is 6.04. The topological polar surface area (TPSA) is 65.8 Å². The Balaban J connectivity index is 1.45. The fourth-order valence-corrected chi connectivity index (χ4v) is 3.66. The van der Waals surface area contributed by atoms with E-state index >= 15 is 0 Å². The first-order valence-corrected chi connectivity index (χ1v) is 11.5. The first-order valence-electron chi connectivity index (χ1n) is 16.5. The van der Waals surface area contributed by atoms with Gasteiger partial charge in [-0.05, 0) is 67.3 Å². The summed E-state index contributed by atoms with van der Waals surface area (Å²) in [5.41, 5.74) is -1.49. The fourth-order valence-electron chi connectivity index (χ4n) is 3.66. The van der Waals surface area contributed by atoms with Crippen LogP contribution >= 0.6 is 0 Å². The van der Waals surface area contributed by atoms with Gasteiger partial charge < -0.3 is 10.2 Å². The molecule has 0 unspecified atom stereocenters. The van der Waals surface area contributed by atoms with Crippen molar-refractivity contribution in [3.8, 4) is 11.8 Å². The predicted molar refractivity (Wildman–Crippen MR) is 142 cm³/mol. The number of amides is 1. The Kier molecular flexibility index (Phi) is 4.66. The molecule has 39 heavy (non-hydrogen) atoms. The number of aromatic nitrogens is 3. The van der Waals surface area contributed by atoms with Gasteiger partial charge in [-0.3, -0.25) is 9.69 Å². The van der Waals surface area contributed by atoms with Gasteiger partial charge in [-0.25, -0.2) is 9.50 Å². The average Bonchev–Trinajstić information content (AvgIpc) is 3.28. The number of carbonyl (C=O) groups is 1. The summed E-state index contributed by atoms with van der Waals surface area (Å²) in [6.45, 7) is -12.8. The van der Waals surface area contributed by atoms with Crippen LogP contribution in [0.2, 0.25) is 0 Å². The molecule has 1 saturated heterocycles. The Morgan fingerprint density at radius 1 is 1.21 bits per heavy atom. The highest BCUT2D eigenvalue weighted by atomic mass is 19.4. The molecule has 4 aromatic rings. The highest BCUT2D eigenvalue weighted by Gasteiger charge is 2.34. The van der Waals surface area contributed by atoms with Crippen molar-refractivity contribution in [2.75, 3.05) is 38.4 Å². The number of likely N-dealkylation sites (N-methyl/N-ethyl adjacent to an activating group) is 1. The van der Waals surface area contributed by atoms with Crippen LogP contribution in [0.4, 0.5) is 18.9 Å². The molecule has 1 N–H and O–H groups in total. The summed E-state index contributed by atoms with van der Waals surface area (Å²) >= 11 is 0. The Hall–Kier alpha value is -4.20. The van der Waals surface area contributed by atoms with Crippen molar-refractivity contribution >= 4 is 17.2 Å². The number of carbonyl (C=O) groups excluding carboxylic acids is 1. The van der Waals surface area contributed by atoms with Crippen LogP contribution < -0.4 is 5.32 Å². The summed E-state index contributed by atoms with van der Waals surface area (Å²) < 4.78 is 126. The summed E-state index contributed by atoms with van der Waals surface area (Å²) in [5.74, 6) is 4.86. The molecule has 7 nitrogen and oxygen atoms in total. The number of aryl methyl sites for hydroxylation is 1. The van der Waals surface area contributed by atoms with Gasteiger partial charge in [0.25, 0.3) is 5.91 Å². The second kappa shape index (κ2) is 10.9. The summed E-state index contributed by atoms with van der Waals surface area (Å²) in [4.78, 5) is 17.7. The van der Waals surface area contributed by atoms with Crippen molar-refractivity contribution in [2.45, 2.75) is 19.6 Å². The van der Waals surface area contributed by atoms with Crippen molar-refractivity contribution in [3.63, 3.8) is 0 Å². The van der Waals surface area contributed by atoms with Crippen molar-refractivity contribution in [1.29, 1.82) is 0 Å². The third-order valence-corrected chi connectivity index (χ3v) is 5.69. The smallest absolute Gasteiger partial charge is 0.322 e. The van der Waals surface area contributed by atoms with E-state index in [2.05, 4.69) is 27.2 Å². The Labute approximate surface area is 238 Å². The van der Waals surface area contributed by atoms with E-state index in [0.29, 0.717) is 33.8 Å². The van der Waals surface area contributed by atoms with E-state index in [1.54, 1.807) is 25.1 Å². The lowest BCUT2D eigenvalue weighted by Gasteiger charge is -2.33. The molecule has 2 aromatic heterocycles. The van der Waals surface area contributed by atoms with Gasteiger partial charge in [0.15, 0.2) is 5.65 Å². The first-order chi connectivity index (χ1) is 22.5. The van der Waals surface area contributed by atoms with Crippen LogP contribution in [-0.2, 0) is 12.7 Å². The van der Waals surface area contributed by atoms with E-state index in [-0.39, 0.29) is 28.0 Å². The minimum absolute atomic E-state index is 0.0127. The molecule has 0 radical (unpaired) electrons. The van der Waals surface area contributed by atoms with Gasteiger partial charge in [0.1, 0.15) is 5.69 Å². The number of rotatable bonds is 4. The van der Waals surface area contributed by atoms with E-state index in [1.165, 1.54) is 22.8 Å². The quantitative estimate of drug-likeness (QED) is 0.386. The van der Waals surface area contributed by atoms with Crippen LogP contribution in [0.5, 0.6) is 0 Å². The standard InChI is InChI=1S/C29H27F3N6O/c1-20-5-6-22(16-21(20)8-10-25-18-33-27-4-3-11-34-38(25)27)28(39)35-24-9-7-23(26(17-24)29(30,31)32)19-37-14-12-36(2)13-15-37/h3-7,9,11,16-18H,12-15,19H2,1-2H3,(H,35,39)/i2D3,14D2,15D2,18D,19D2. The van der Waals surface area contributed by atoms with Crippen molar-refractivity contribution in [2.24, 2.45) is 0 Å². The normalized spacial score (nSPS) is 21.7. The zero-order valence-corrected chi connectivity index (χ0v) is 20.4. The van der Waals surface area contributed by atoms with Gasteiger partial charge >= 0.3 is 6.18 Å². The molecule has 0 atom stereocenters. The number of halogens is 3. The number of benzene rings is 2. The van der Waals surface area contributed by atoms with E-state index < -0.39 is 62.8 Å². The predicted octanol–water partition coefficient (Wildman–Crippen LogP) is 4.46. The molecule has 2 aromatic carbocycles. The molecule has 0 spiro atoms. The SMILES string of the molecule is [2H]c1nc2cccnn2c1C#Cc1cc(C(=O)Nc2ccc(C([2H])([2H])N3C([2H])([2H])CN(C([2H])([2H])[2H])CC3([2H])[2H])c(C(F)(F)F)c2)ccc1C. The number of fused-ring (bicyclic) bond motifs is 1. The molecule has 3 heterocycles. The molecule has 200 valence electrons. The third-order valence-electron chi connectivity index (χ3n) is 5.69. The number of hydrogen-bond donors (Lipinski definition) is 1. The lowest BCUT2D eigenvalue weighted by molar-refractivity contribution is -0.138. The second-order valence-electron chi connectivity index (χ2n) is 8.48. The molecular weight excluding hydrogens is 505 g/mol. The number of piperazine rings is 1. The summed E-state index contributed by atoms with van der Waals surface area (Å²) in [5, 5.41) is 6.47. The maximum absolute atomic E-state index is 14.4. The van der Waals surface area contributed by atoms with Gasteiger partial charge in [-0.1, -0.05) is 18.1 Å². The number of nitrogens with zero attached hydrogens (tertiary/aromatic N) is 5. The average molecular weight is 543 g/mol. The zero-order valence-electron chi connectivity index (χ0n) is 30.4. The van der Waals surface area contributed by atoms with Gasteiger partial charge in [0.2, 0.25) is 0 Å². The fraction of sp³-hybridized carbons (Fsp3) is 0.276. The van der Waals surface area contributed by atoms with Crippen LogP contribution in [0.15, 0.2) is 60.9 Å². The van der Waals surface area contributed by atoms with Crippen LogP contribution in [0.25, 0.3) is 5.65 Å². The molecule has 0 aliphatic carbocycles. The van der Waals surface area contributed by atoms with E-state index in [1.807, 2.05) is 0 Å². The molecular formula is C29H27F3N6O. The Bertz CT molecular complexity index is 1980. The summed E-state index contributed by atoms with van der Waals surface area (Å²) in [6, 6.07) is 9.79. The molecule has 0 bridgehead atoms. The zero-order chi connectivity index (χ0) is 36.3. The Morgan fingerprint density at radius 2 is 2.03 bits per heavy atom. The summed E-state index contributed by atoms with van der Waals surface area (Å²) in [6.07, 6.45) is -3.85. The molecule has 5 rings (SSSR count). The number of alkyl halides is 3. The minimum atomic E-state index is -5.24. The van der Waals surface area contributed by atoms with Crippen molar-refractivity contribution in [3.05, 3.63) is 94.4 Å². The van der Waals surface area contributed by atoms with Gasteiger partial charge in [0, 0.05) is 67.9 Å². The molecule has 1 amide bonds. The third kappa shape index (κ3) is 6.11. The first kappa shape index (κ1) is 16.7. The maximum Gasteiger partial charge on any atom is 0.416 e. The van der Waals surface area contributed by atoms with Crippen molar-refractivity contribution in [1.82, 2.24) is 24.4 Å². The van der Waals surface area contributed by atoms with Crippen LogP contribution in [0.1, 0.15) is 52.0 Å².